The summed E-state index contributed by atoms with van der Waals surface area (Å²) < 4.78 is 0. The van der Waals surface area contributed by atoms with Crippen molar-refractivity contribution in [3.63, 3.8) is 0 Å². The Labute approximate surface area is 110 Å². The maximum Gasteiger partial charge on any atom is 0.250 e. The molecule has 0 spiro atoms. The molecule has 2 aliphatic rings. The summed E-state index contributed by atoms with van der Waals surface area (Å²) in [6.45, 7) is 0.796. The van der Waals surface area contributed by atoms with Crippen LogP contribution in [0, 0.1) is 0 Å². The highest BCUT2D eigenvalue weighted by Gasteiger charge is 2.42. The second-order valence-corrected chi connectivity index (χ2v) is 5.03. The Balaban J connectivity index is 1.96. The van der Waals surface area contributed by atoms with Crippen molar-refractivity contribution in [2.45, 2.75) is 18.9 Å². The van der Waals surface area contributed by atoms with Crippen molar-refractivity contribution in [1.29, 1.82) is 0 Å². The van der Waals surface area contributed by atoms with Gasteiger partial charge in [0.15, 0.2) is 0 Å². The van der Waals surface area contributed by atoms with Gasteiger partial charge in [-0.05, 0) is 25.0 Å². The van der Waals surface area contributed by atoms with Gasteiger partial charge >= 0.3 is 0 Å². The molecule has 0 aromatic heterocycles. The maximum absolute atomic E-state index is 12.4. The minimum absolute atomic E-state index is 0.0111. The fourth-order valence-corrected chi connectivity index (χ4v) is 2.92. The molecule has 0 aliphatic carbocycles. The summed E-state index contributed by atoms with van der Waals surface area (Å²) in [5, 5.41) is 0.505. The van der Waals surface area contributed by atoms with Gasteiger partial charge in [0.2, 0.25) is 11.8 Å². The summed E-state index contributed by atoms with van der Waals surface area (Å²) in [6.07, 6.45) is 1.66. The normalized spacial score (nSPS) is 23.5. The van der Waals surface area contributed by atoms with E-state index in [1.807, 2.05) is 12.1 Å². The van der Waals surface area contributed by atoms with E-state index >= 15 is 0 Å². The molecule has 2 aliphatic heterocycles. The summed E-state index contributed by atoms with van der Waals surface area (Å²) in [7, 11) is 0. The Morgan fingerprint density at radius 3 is 2.78 bits per heavy atom. The average molecular weight is 265 g/mol. The second kappa shape index (κ2) is 4.28. The molecule has 2 saturated heterocycles. The maximum atomic E-state index is 12.4. The monoisotopic (exact) mass is 264 g/mol. The summed E-state index contributed by atoms with van der Waals surface area (Å²) in [5.74, 6) is -0.00257. The van der Waals surface area contributed by atoms with E-state index in [2.05, 4.69) is 0 Å². The number of piperazine rings is 1. The third-order valence-electron chi connectivity index (χ3n) is 3.56. The fraction of sp³-hybridized carbons (Fsp3) is 0.385. The molecule has 2 amide bonds. The zero-order valence-corrected chi connectivity index (χ0v) is 10.6. The van der Waals surface area contributed by atoms with Gasteiger partial charge in [0, 0.05) is 6.54 Å². The zero-order chi connectivity index (χ0) is 12.7. The molecule has 3 rings (SSSR count). The van der Waals surface area contributed by atoms with Crippen LogP contribution in [0.4, 0.5) is 5.69 Å². The molecule has 5 heteroatoms. The zero-order valence-electron chi connectivity index (χ0n) is 9.80. The van der Waals surface area contributed by atoms with E-state index in [4.69, 9.17) is 11.6 Å². The molecule has 94 valence electrons. The van der Waals surface area contributed by atoms with Crippen LogP contribution in [0.1, 0.15) is 12.8 Å². The SMILES string of the molecule is O=C1C2CCCN2C(=O)CN1c1ccccc1Cl. The Kier molecular flexibility index (Phi) is 2.74. The molecule has 0 N–H and O–H groups in total. The number of benzene rings is 1. The Bertz CT molecular complexity index is 517. The molecule has 2 heterocycles. The number of fused-ring (bicyclic) bond motifs is 1. The van der Waals surface area contributed by atoms with Gasteiger partial charge in [-0.15, -0.1) is 0 Å². The van der Waals surface area contributed by atoms with E-state index in [1.54, 1.807) is 17.0 Å². The number of hydrogen-bond donors (Lipinski definition) is 0. The summed E-state index contributed by atoms with van der Waals surface area (Å²) in [5.41, 5.74) is 0.629. The number of rotatable bonds is 1. The molecule has 1 aromatic carbocycles. The molecule has 0 saturated carbocycles. The average Bonchev–Trinajstić information content (AvgIpc) is 2.85. The number of hydrogen-bond acceptors (Lipinski definition) is 2. The van der Waals surface area contributed by atoms with E-state index in [1.165, 1.54) is 4.90 Å². The number of anilines is 1. The van der Waals surface area contributed by atoms with Gasteiger partial charge in [0.05, 0.1) is 10.7 Å². The molecule has 0 radical (unpaired) electrons. The minimum Gasteiger partial charge on any atom is -0.329 e. The third-order valence-corrected chi connectivity index (χ3v) is 3.88. The van der Waals surface area contributed by atoms with Crippen LogP contribution in [-0.2, 0) is 9.59 Å². The lowest BCUT2D eigenvalue weighted by Gasteiger charge is -2.36. The molecule has 1 unspecified atom stereocenters. The van der Waals surface area contributed by atoms with Crippen molar-refractivity contribution in [2.24, 2.45) is 0 Å². The van der Waals surface area contributed by atoms with Gasteiger partial charge in [-0.25, -0.2) is 0 Å². The van der Waals surface area contributed by atoms with Crippen LogP contribution in [-0.4, -0.2) is 35.8 Å². The molecule has 1 aromatic rings. The highest BCUT2D eigenvalue weighted by molar-refractivity contribution is 6.34. The second-order valence-electron chi connectivity index (χ2n) is 4.62. The van der Waals surface area contributed by atoms with E-state index in [-0.39, 0.29) is 24.4 Å². The number of nitrogens with zero attached hydrogens (tertiary/aromatic N) is 2. The predicted octanol–water partition coefficient (Wildman–Crippen LogP) is 1.68. The Morgan fingerprint density at radius 1 is 1.22 bits per heavy atom. The molecule has 1 atom stereocenters. The van der Waals surface area contributed by atoms with E-state index in [9.17, 15) is 9.59 Å². The molecule has 4 nitrogen and oxygen atoms in total. The van der Waals surface area contributed by atoms with Crippen molar-refractivity contribution < 1.29 is 9.59 Å². The molecule has 2 fully saturated rings. The van der Waals surface area contributed by atoms with Crippen molar-refractivity contribution in [3.8, 4) is 0 Å². The Hall–Kier alpha value is -1.55. The van der Waals surface area contributed by atoms with Gasteiger partial charge in [-0.3, -0.25) is 14.5 Å². The first kappa shape index (κ1) is 11.5. The lowest BCUT2D eigenvalue weighted by Crippen LogP contribution is -2.57. The van der Waals surface area contributed by atoms with Crippen molar-refractivity contribution in [3.05, 3.63) is 29.3 Å². The first-order valence-electron chi connectivity index (χ1n) is 6.04. The highest BCUT2D eigenvalue weighted by Crippen LogP contribution is 2.31. The predicted molar refractivity (Wildman–Crippen MR) is 68.5 cm³/mol. The van der Waals surface area contributed by atoms with Crippen molar-refractivity contribution >= 4 is 29.1 Å². The van der Waals surface area contributed by atoms with Gasteiger partial charge < -0.3 is 4.90 Å². The van der Waals surface area contributed by atoms with Crippen LogP contribution in [0.2, 0.25) is 5.02 Å². The number of carbonyl (C=O) groups is 2. The largest absolute Gasteiger partial charge is 0.329 e. The fourth-order valence-electron chi connectivity index (χ4n) is 2.68. The molecule has 0 bridgehead atoms. The van der Waals surface area contributed by atoms with E-state index in [0.717, 1.165) is 12.8 Å². The lowest BCUT2D eigenvalue weighted by molar-refractivity contribution is -0.140. The van der Waals surface area contributed by atoms with Gasteiger partial charge in [0.1, 0.15) is 12.6 Å². The molecular formula is C13H13ClN2O2. The van der Waals surface area contributed by atoms with E-state index in [0.29, 0.717) is 17.3 Å². The summed E-state index contributed by atoms with van der Waals surface area (Å²) in [4.78, 5) is 27.6. The summed E-state index contributed by atoms with van der Waals surface area (Å²) >= 11 is 6.09. The van der Waals surface area contributed by atoms with E-state index < -0.39 is 0 Å². The topological polar surface area (TPSA) is 40.6 Å². The van der Waals surface area contributed by atoms with Crippen molar-refractivity contribution in [1.82, 2.24) is 4.90 Å². The Morgan fingerprint density at radius 2 is 2.00 bits per heavy atom. The summed E-state index contributed by atoms with van der Waals surface area (Å²) in [6, 6.07) is 6.85. The number of carbonyl (C=O) groups excluding carboxylic acids is 2. The molecule has 18 heavy (non-hydrogen) atoms. The standard InChI is InChI=1S/C13H13ClN2O2/c14-9-4-1-2-5-10(9)16-8-12(17)15-7-3-6-11(15)13(16)18/h1-2,4-5,11H,3,6-8H2. The minimum atomic E-state index is -0.289. The lowest BCUT2D eigenvalue weighted by atomic mass is 10.1. The first-order chi connectivity index (χ1) is 8.68. The van der Waals surface area contributed by atoms with Crippen LogP contribution in [0.5, 0.6) is 0 Å². The highest BCUT2D eigenvalue weighted by atomic mass is 35.5. The van der Waals surface area contributed by atoms with Gasteiger partial charge in [0.25, 0.3) is 0 Å². The first-order valence-corrected chi connectivity index (χ1v) is 6.41. The smallest absolute Gasteiger partial charge is 0.250 e. The van der Waals surface area contributed by atoms with Crippen LogP contribution in [0.15, 0.2) is 24.3 Å². The number of para-hydroxylation sites is 1. The van der Waals surface area contributed by atoms with Crippen LogP contribution >= 0.6 is 11.6 Å². The van der Waals surface area contributed by atoms with Gasteiger partial charge in [-0.1, -0.05) is 23.7 Å². The van der Waals surface area contributed by atoms with Crippen LogP contribution < -0.4 is 4.90 Å². The molecular weight excluding hydrogens is 252 g/mol. The van der Waals surface area contributed by atoms with Crippen molar-refractivity contribution in [2.75, 3.05) is 18.0 Å². The third kappa shape index (κ3) is 1.68. The van der Waals surface area contributed by atoms with Gasteiger partial charge in [-0.2, -0.15) is 0 Å². The quantitative estimate of drug-likeness (QED) is 0.774. The number of halogens is 1. The van der Waals surface area contributed by atoms with Crippen LogP contribution in [0.3, 0.4) is 0 Å². The number of amides is 2. The van der Waals surface area contributed by atoms with Crippen LogP contribution in [0.25, 0.3) is 0 Å².